The summed E-state index contributed by atoms with van der Waals surface area (Å²) in [4.78, 5) is 29.2. The highest BCUT2D eigenvalue weighted by molar-refractivity contribution is 5.97. The van der Waals surface area contributed by atoms with E-state index in [1.54, 1.807) is 0 Å². The Bertz CT molecular complexity index is 1460. The Morgan fingerprint density at radius 1 is 1.05 bits per heavy atom. The van der Waals surface area contributed by atoms with E-state index in [1.165, 1.54) is 34.9 Å². The van der Waals surface area contributed by atoms with E-state index in [-0.39, 0.29) is 16.9 Å². The van der Waals surface area contributed by atoms with Crippen molar-refractivity contribution in [3.05, 3.63) is 53.2 Å². The van der Waals surface area contributed by atoms with Gasteiger partial charge in [0, 0.05) is 60.2 Å². The van der Waals surface area contributed by atoms with Gasteiger partial charge in [0.05, 0.1) is 18.8 Å². The fourth-order valence-electron chi connectivity index (χ4n) is 6.93. The molecule has 8 nitrogen and oxygen atoms in total. The lowest BCUT2D eigenvalue weighted by atomic mass is 9.98. The van der Waals surface area contributed by atoms with Crippen molar-refractivity contribution in [2.75, 3.05) is 57.1 Å². The van der Waals surface area contributed by atoms with Crippen LogP contribution in [0.15, 0.2) is 36.4 Å². The van der Waals surface area contributed by atoms with E-state index in [0.717, 1.165) is 49.4 Å². The molecule has 42 heavy (non-hydrogen) atoms. The van der Waals surface area contributed by atoms with Crippen LogP contribution >= 0.6 is 0 Å². The molecule has 0 radical (unpaired) electrons. The molecule has 3 aliphatic rings. The second-order valence-corrected chi connectivity index (χ2v) is 13.4. The number of carbonyl (C=O) groups is 1. The minimum atomic E-state index is -0.0978. The lowest BCUT2D eigenvalue weighted by Crippen LogP contribution is -2.43. The first-order chi connectivity index (χ1) is 20.2. The number of nitrogens with zero attached hydrogens (tertiary/aromatic N) is 5. The zero-order chi connectivity index (χ0) is 29.5. The molecule has 8 heteroatoms. The van der Waals surface area contributed by atoms with Crippen LogP contribution in [-0.4, -0.2) is 78.1 Å². The molecule has 224 valence electrons. The summed E-state index contributed by atoms with van der Waals surface area (Å²) in [7, 11) is 4.24. The van der Waals surface area contributed by atoms with Gasteiger partial charge in [-0.05, 0) is 77.1 Å². The van der Waals surface area contributed by atoms with E-state index < -0.39 is 0 Å². The Labute approximate surface area is 250 Å². The van der Waals surface area contributed by atoms with Crippen molar-refractivity contribution >= 4 is 28.2 Å². The molecule has 2 aliphatic heterocycles. The second kappa shape index (κ2) is 11.4. The molecule has 3 aromatic rings. The molecule has 2 fully saturated rings. The normalized spacial score (nSPS) is 19.0. The number of amides is 1. The molecule has 0 atom stereocenters. The van der Waals surface area contributed by atoms with Crippen molar-refractivity contribution in [2.24, 2.45) is 5.41 Å². The predicted molar refractivity (Wildman–Crippen MR) is 169 cm³/mol. The maximum atomic E-state index is 12.5. The molecule has 0 bridgehead atoms. The van der Waals surface area contributed by atoms with Gasteiger partial charge >= 0.3 is 6.01 Å². The lowest BCUT2D eigenvalue weighted by molar-refractivity contribution is -0.130. The summed E-state index contributed by atoms with van der Waals surface area (Å²) in [6.45, 7) is 11.1. The Kier molecular flexibility index (Phi) is 7.77. The summed E-state index contributed by atoms with van der Waals surface area (Å²) in [6.07, 6.45) is 5.74. The summed E-state index contributed by atoms with van der Waals surface area (Å²) < 4.78 is 6.35. The van der Waals surface area contributed by atoms with E-state index in [9.17, 15) is 4.79 Å². The van der Waals surface area contributed by atoms with Crippen LogP contribution in [0.2, 0.25) is 0 Å². The van der Waals surface area contributed by atoms with E-state index in [1.807, 2.05) is 4.90 Å². The van der Waals surface area contributed by atoms with Crippen molar-refractivity contribution in [2.45, 2.75) is 71.4 Å². The number of likely N-dealkylation sites (tertiary alicyclic amines) is 1. The molecule has 0 unspecified atom stereocenters. The van der Waals surface area contributed by atoms with E-state index in [4.69, 9.17) is 14.7 Å². The molecule has 1 aromatic heterocycles. The summed E-state index contributed by atoms with van der Waals surface area (Å²) in [5.74, 6) is 1.09. The van der Waals surface area contributed by atoms with Crippen LogP contribution in [0.1, 0.15) is 63.3 Å². The minimum absolute atomic E-state index is 0.0978. The summed E-state index contributed by atoms with van der Waals surface area (Å²) in [5.41, 5.74) is 4.93. The molecule has 1 saturated heterocycles. The van der Waals surface area contributed by atoms with E-state index >= 15 is 0 Å². The number of anilines is 2. The molecule has 6 rings (SSSR count). The van der Waals surface area contributed by atoms with Gasteiger partial charge in [0.2, 0.25) is 5.91 Å². The van der Waals surface area contributed by atoms with Gasteiger partial charge in [0.15, 0.2) is 0 Å². The number of ether oxygens (including phenoxy) is 1. The average molecular weight is 571 g/mol. The first-order valence-corrected chi connectivity index (χ1v) is 15.7. The molecule has 1 N–H and O–H groups in total. The summed E-state index contributed by atoms with van der Waals surface area (Å²) in [5, 5.41) is 6.21. The van der Waals surface area contributed by atoms with Crippen LogP contribution in [-0.2, 0) is 24.2 Å². The third-order valence-electron chi connectivity index (χ3n) is 9.46. The van der Waals surface area contributed by atoms with E-state index in [2.05, 4.69) is 86.4 Å². The van der Waals surface area contributed by atoms with Crippen LogP contribution in [0.5, 0.6) is 6.01 Å². The van der Waals surface area contributed by atoms with Crippen LogP contribution in [0, 0.1) is 5.41 Å². The van der Waals surface area contributed by atoms with Crippen LogP contribution in [0.3, 0.4) is 0 Å². The van der Waals surface area contributed by atoms with Crippen molar-refractivity contribution in [3.8, 4) is 6.01 Å². The molecule has 3 heterocycles. The average Bonchev–Trinajstić information content (AvgIpc) is 3.68. The van der Waals surface area contributed by atoms with Gasteiger partial charge in [-0.2, -0.15) is 9.97 Å². The quantitative estimate of drug-likeness (QED) is 0.336. The van der Waals surface area contributed by atoms with Gasteiger partial charge in [0.1, 0.15) is 5.82 Å². The highest BCUT2D eigenvalue weighted by atomic mass is 16.5. The highest BCUT2D eigenvalue weighted by Crippen LogP contribution is 2.46. The standard InChI is InChI=1S/C34H46N6O2/c1-6-24-9-7-10-25-11-8-12-28(30(24)25)39-19-14-26-27(21-39)36-32(42-23-34(16-17-34)22-38(4)5)37-31(26)35-18-20-40-29(41)13-15-33(40,2)3/h7-12H,6,13-23H2,1-5H3,(H,35,36,37). The lowest BCUT2D eigenvalue weighted by Gasteiger charge is -2.33. The molecule has 0 spiro atoms. The SMILES string of the molecule is CCc1cccc2cccc(N3CCc4c(nc(OCC5(CN(C)C)CC5)nc4NCCN4C(=O)CCC4(C)C)C3)c12. The Balaban J connectivity index is 1.27. The van der Waals surface area contributed by atoms with Gasteiger partial charge in [-0.3, -0.25) is 4.79 Å². The zero-order valence-electron chi connectivity index (χ0n) is 26.0. The number of nitrogens with one attached hydrogen (secondary N) is 1. The highest BCUT2D eigenvalue weighted by Gasteiger charge is 2.44. The van der Waals surface area contributed by atoms with Gasteiger partial charge < -0.3 is 24.8 Å². The number of hydrogen-bond donors (Lipinski definition) is 1. The van der Waals surface area contributed by atoms with Crippen LogP contribution < -0.4 is 15.0 Å². The number of carbonyl (C=O) groups excluding carboxylic acids is 1. The number of fused-ring (bicyclic) bond motifs is 2. The molecule has 1 amide bonds. The van der Waals surface area contributed by atoms with Crippen LogP contribution in [0.25, 0.3) is 10.8 Å². The van der Waals surface area contributed by atoms with Gasteiger partial charge in [-0.1, -0.05) is 37.3 Å². The number of hydrogen-bond acceptors (Lipinski definition) is 7. The number of rotatable bonds is 11. The molecule has 2 aromatic carbocycles. The Hall–Kier alpha value is -3.39. The summed E-state index contributed by atoms with van der Waals surface area (Å²) in [6, 6.07) is 13.7. The van der Waals surface area contributed by atoms with Crippen molar-refractivity contribution < 1.29 is 9.53 Å². The fraction of sp³-hybridized carbons (Fsp3) is 0.559. The molecular weight excluding hydrogens is 524 g/mol. The maximum absolute atomic E-state index is 12.5. The topological polar surface area (TPSA) is 73.8 Å². The third kappa shape index (κ3) is 5.78. The molecular formula is C34H46N6O2. The molecule has 1 saturated carbocycles. The van der Waals surface area contributed by atoms with Crippen molar-refractivity contribution in [3.63, 3.8) is 0 Å². The number of aryl methyl sites for hydroxylation is 1. The third-order valence-corrected chi connectivity index (χ3v) is 9.46. The molecule has 1 aliphatic carbocycles. The Morgan fingerprint density at radius 3 is 2.52 bits per heavy atom. The first-order valence-electron chi connectivity index (χ1n) is 15.7. The predicted octanol–water partition coefficient (Wildman–Crippen LogP) is 5.29. The first kappa shape index (κ1) is 28.7. The number of aromatic nitrogens is 2. The zero-order valence-corrected chi connectivity index (χ0v) is 26.0. The smallest absolute Gasteiger partial charge is 0.318 e. The fourth-order valence-corrected chi connectivity index (χ4v) is 6.93. The van der Waals surface area contributed by atoms with Gasteiger partial charge in [0.25, 0.3) is 0 Å². The van der Waals surface area contributed by atoms with E-state index in [0.29, 0.717) is 38.7 Å². The minimum Gasteiger partial charge on any atom is -0.463 e. The second-order valence-electron chi connectivity index (χ2n) is 13.4. The maximum Gasteiger partial charge on any atom is 0.318 e. The van der Waals surface area contributed by atoms with Crippen molar-refractivity contribution in [1.29, 1.82) is 0 Å². The van der Waals surface area contributed by atoms with Crippen molar-refractivity contribution in [1.82, 2.24) is 19.8 Å². The number of benzene rings is 2. The van der Waals surface area contributed by atoms with Gasteiger partial charge in [-0.25, -0.2) is 0 Å². The Morgan fingerprint density at radius 2 is 1.83 bits per heavy atom. The monoisotopic (exact) mass is 570 g/mol. The summed E-state index contributed by atoms with van der Waals surface area (Å²) >= 11 is 0. The van der Waals surface area contributed by atoms with Gasteiger partial charge in [-0.15, -0.1) is 0 Å². The largest absolute Gasteiger partial charge is 0.463 e. The van der Waals surface area contributed by atoms with Crippen LogP contribution in [0.4, 0.5) is 11.5 Å².